The second kappa shape index (κ2) is 6.40. The number of carbonyl (C=O) groups is 1. The van der Waals surface area contributed by atoms with Crippen LogP contribution in [-0.4, -0.2) is 30.4 Å². The first-order chi connectivity index (χ1) is 8.54. The van der Waals surface area contributed by atoms with Gasteiger partial charge in [0, 0.05) is 13.1 Å². The Bertz CT molecular complexity index is 450. The minimum absolute atomic E-state index is 0. The highest BCUT2D eigenvalue weighted by molar-refractivity contribution is 5.85. The van der Waals surface area contributed by atoms with Crippen LogP contribution in [0.2, 0.25) is 0 Å². The third kappa shape index (κ3) is 3.71. The van der Waals surface area contributed by atoms with Crippen LogP contribution in [0.25, 0.3) is 0 Å². The molecule has 0 aromatic heterocycles. The number of carbonyl (C=O) groups excluding carboxylic acids is 1. The second-order valence-corrected chi connectivity index (χ2v) is 5.68. The van der Waals surface area contributed by atoms with Gasteiger partial charge in [-0.15, -0.1) is 12.4 Å². The fourth-order valence-electron chi connectivity index (χ4n) is 2.49. The number of hydrogen-bond donors (Lipinski definition) is 1. The molecule has 106 valence electrons. The lowest BCUT2D eigenvalue weighted by Gasteiger charge is -2.22. The summed E-state index contributed by atoms with van der Waals surface area (Å²) in [6, 6.07) is 8.08. The van der Waals surface area contributed by atoms with E-state index in [9.17, 15) is 4.79 Å². The molecule has 0 radical (unpaired) electrons. The van der Waals surface area contributed by atoms with Gasteiger partial charge in [0.2, 0.25) is 5.91 Å². The zero-order chi connectivity index (χ0) is 13.2. The van der Waals surface area contributed by atoms with Gasteiger partial charge in [-0.05, 0) is 36.4 Å². The minimum atomic E-state index is 0. The molecule has 0 bridgehead atoms. The van der Waals surface area contributed by atoms with E-state index in [1.165, 1.54) is 5.56 Å². The Labute approximate surface area is 121 Å². The van der Waals surface area contributed by atoms with Crippen molar-refractivity contribution in [3.63, 3.8) is 0 Å². The van der Waals surface area contributed by atoms with E-state index < -0.39 is 0 Å². The maximum absolute atomic E-state index is 12.3. The normalized spacial score (nSPS) is 22.2. The Morgan fingerprint density at radius 2 is 2.11 bits per heavy atom. The summed E-state index contributed by atoms with van der Waals surface area (Å²) in [4.78, 5) is 14.2. The highest BCUT2D eigenvalue weighted by Crippen LogP contribution is 2.28. The fraction of sp³-hybridized carbons (Fsp3) is 0.533. The molecule has 1 atom stereocenters. The van der Waals surface area contributed by atoms with E-state index in [0.29, 0.717) is 13.0 Å². The zero-order valence-electron chi connectivity index (χ0n) is 11.7. The molecule has 1 aliphatic rings. The van der Waals surface area contributed by atoms with Crippen LogP contribution in [0, 0.1) is 12.3 Å². The van der Waals surface area contributed by atoms with Crippen molar-refractivity contribution < 1.29 is 4.79 Å². The number of likely N-dealkylation sites (tertiary alicyclic amines) is 1. The molecule has 19 heavy (non-hydrogen) atoms. The Hall–Kier alpha value is -1.06. The minimum Gasteiger partial charge on any atom is -0.342 e. The van der Waals surface area contributed by atoms with Gasteiger partial charge in [0.15, 0.2) is 0 Å². The van der Waals surface area contributed by atoms with E-state index in [1.807, 2.05) is 23.1 Å². The van der Waals surface area contributed by atoms with Gasteiger partial charge >= 0.3 is 0 Å². The predicted octanol–water partition coefficient (Wildman–Crippen LogP) is 2.16. The van der Waals surface area contributed by atoms with Crippen LogP contribution in [0.1, 0.15) is 24.5 Å². The molecule has 1 aromatic rings. The molecule has 2 N–H and O–H groups in total. The molecule has 4 heteroatoms. The third-order valence-corrected chi connectivity index (χ3v) is 4.01. The van der Waals surface area contributed by atoms with Gasteiger partial charge in [-0.3, -0.25) is 4.79 Å². The first-order valence-corrected chi connectivity index (χ1v) is 6.56. The second-order valence-electron chi connectivity index (χ2n) is 5.68. The Balaban J connectivity index is 0.00000180. The lowest BCUT2D eigenvalue weighted by molar-refractivity contribution is -0.129. The number of benzene rings is 1. The van der Waals surface area contributed by atoms with Gasteiger partial charge in [-0.25, -0.2) is 0 Å². The standard InChI is InChI=1S/C15H22N2O.ClH/c1-12-5-3-4-6-13(12)9-14(18)17-8-7-15(2,10-16)11-17;/h3-6H,7-11,16H2,1-2H3;1H. The summed E-state index contributed by atoms with van der Waals surface area (Å²) >= 11 is 0. The average molecular weight is 283 g/mol. The van der Waals surface area contributed by atoms with Crippen molar-refractivity contribution in [2.75, 3.05) is 19.6 Å². The molecule has 1 fully saturated rings. The maximum atomic E-state index is 12.3. The van der Waals surface area contributed by atoms with E-state index in [1.54, 1.807) is 0 Å². The molecule has 2 rings (SSSR count). The number of nitrogens with zero attached hydrogens (tertiary/aromatic N) is 1. The smallest absolute Gasteiger partial charge is 0.227 e. The first kappa shape index (κ1) is 16.0. The highest BCUT2D eigenvalue weighted by Gasteiger charge is 2.34. The summed E-state index contributed by atoms with van der Waals surface area (Å²) < 4.78 is 0. The molecule has 1 unspecified atom stereocenters. The topological polar surface area (TPSA) is 46.3 Å². The van der Waals surface area contributed by atoms with Gasteiger partial charge in [-0.2, -0.15) is 0 Å². The molecule has 1 heterocycles. The van der Waals surface area contributed by atoms with Crippen molar-refractivity contribution >= 4 is 18.3 Å². The van der Waals surface area contributed by atoms with Gasteiger partial charge in [0.1, 0.15) is 0 Å². The monoisotopic (exact) mass is 282 g/mol. The Morgan fingerprint density at radius 1 is 1.42 bits per heavy atom. The van der Waals surface area contributed by atoms with Crippen molar-refractivity contribution in [1.82, 2.24) is 4.90 Å². The van der Waals surface area contributed by atoms with Crippen molar-refractivity contribution in [3.05, 3.63) is 35.4 Å². The third-order valence-electron chi connectivity index (χ3n) is 4.01. The molecule has 0 spiro atoms. The summed E-state index contributed by atoms with van der Waals surface area (Å²) in [7, 11) is 0. The van der Waals surface area contributed by atoms with Crippen LogP contribution in [0.3, 0.4) is 0 Å². The molecular weight excluding hydrogens is 260 g/mol. The van der Waals surface area contributed by atoms with E-state index in [4.69, 9.17) is 5.73 Å². The quantitative estimate of drug-likeness (QED) is 0.923. The lowest BCUT2D eigenvalue weighted by atomic mass is 9.90. The molecule has 0 saturated carbocycles. The van der Waals surface area contributed by atoms with Gasteiger partial charge in [0.25, 0.3) is 0 Å². The van der Waals surface area contributed by atoms with Gasteiger partial charge in [-0.1, -0.05) is 31.2 Å². The van der Waals surface area contributed by atoms with Crippen molar-refractivity contribution in [2.45, 2.75) is 26.7 Å². The largest absolute Gasteiger partial charge is 0.342 e. The van der Waals surface area contributed by atoms with Crippen LogP contribution in [0.4, 0.5) is 0 Å². The summed E-state index contributed by atoms with van der Waals surface area (Å²) in [6.45, 7) is 6.51. The molecular formula is C15H23ClN2O. The van der Waals surface area contributed by atoms with E-state index in [0.717, 1.165) is 25.1 Å². The number of rotatable bonds is 3. The average Bonchev–Trinajstić information content (AvgIpc) is 2.76. The number of amides is 1. The maximum Gasteiger partial charge on any atom is 0.227 e. The highest BCUT2D eigenvalue weighted by atomic mass is 35.5. The van der Waals surface area contributed by atoms with E-state index in [2.05, 4.69) is 19.9 Å². The summed E-state index contributed by atoms with van der Waals surface area (Å²) in [5.41, 5.74) is 8.20. The zero-order valence-corrected chi connectivity index (χ0v) is 12.5. The summed E-state index contributed by atoms with van der Waals surface area (Å²) in [5.74, 6) is 0.224. The first-order valence-electron chi connectivity index (χ1n) is 6.56. The lowest BCUT2D eigenvalue weighted by Crippen LogP contribution is -2.35. The Kier molecular flexibility index (Phi) is 5.39. The summed E-state index contributed by atoms with van der Waals surface area (Å²) in [5, 5.41) is 0. The molecule has 1 aliphatic heterocycles. The number of aryl methyl sites for hydroxylation is 1. The van der Waals surface area contributed by atoms with Gasteiger partial charge in [0.05, 0.1) is 6.42 Å². The Morgan fingerprint density at radius 3 is 2.68 bits per heavy atom. The van der Waals surface area contributed by atoms with Crippen molar-refractivity contribution in [3.8, 4) is 0 Å². The number of halogens is 1. The molecule has 3 nitrogen and oxygen atoms in total. The number of hydrogen-bond acceptors (Lipinski definition) is 2. The van der Waals surface area contributed by atoms with Gasteiger partial charge < -0.3 is 10.6 Å². The van der Waals surface area contributed by atoms with E-state index >= 15 is 0 Å². The molecule has 1 saturated heterocycles. The number of nitrogens with two attached hydrogens (primary N) is 1. The van der Waals surface area contributed by atoms with E-state index in [-0.39, 0.29) is 23.7 Å². The van der Waals surface area contributed by atoms with Crippen LogP contribution >= 0.6 is 12.4 Å². The molecule has 1 aromatic carbocycles. The van der Waals surface area contributed by atoms with Crippen LogP contribution in [0.5, 0.6) is 0 Å². The van der Waals surface area contributed by atoms with Crippen LogP contribution in [-0.2, 0) is 11.2 Å². The molecule has 1 amide bonds. The summed E-state index contributed by atoms with van der Waals surface area (Å²) in [6.07, 6.45) is 1.52. The molecule has 0 aliphatic carbocycles. The van der Waals surface area contributed by atoms with Crippen LogP contribution < -0.4 is 5.73 Å². The SMILES string of the molecule is Cc1ccccc1CC(=O)N1CCC(C)(CN)C1.Cl. The fourth-order valence-corrected chi connectivity index (χ4v) is 2.49. The van der Waals surface area contributed by atoms with Crippen molar-refractivity contribution in [2.24, 2.45) is 11.1 Å². The van der Waals surface area contributed by atoms with Crippen molar-refractivity contribution in [1.29, 1.82) is 0 Å². The van der Waals surface area contributed by atoms with Crippen LogP contribution in [0.15, 0.2) is 24.3 Å². The predicted molar refractivity (Wildman–Crippen MR) is 80.5 cm³/mol.